The molecule has 3 amide bonds. The highest BCUT2D eigenvalue weighted by atomic mass is 16.7. The Labute approximate surface area is 129 Å². The summed E-state index contributed by atoms with van der Waals surface area (Å²) in [6.45, 7) is 1.27. The molecule has 4 N–H and O–H groups in total. The van der Waals surface area contributed by atoms with E-state index in [1.165, 1.54) is 0 Å². The van der Waals surface area contributed by atoms with E-state index >= 15 is 0 Å². The first-order valence-electron chi connectivity index (χ1n) is 7.33. The monoisotopic (exact) mass is 307 g/mol. The zero-order chi connectivity index (χ0) is 15.8. The van der Waals surface area contributed by atoms with Crippen LogP contribution in [0.25, 0.3) is 0 Å². The molecule has 1 heterocycles. The topological polar surface area (TPSA) is 103 Å². The van der Waals surface area contributed by atoms with Crippen molar-refractivity contribution < 1.29 is 19.1 Å². The van der Waals surface area contributed by atoms with Gasteiger partial charge in [0.25, 0.3) is 0 Å². The largest absolute Gasteiger partial charge is 0.454 e. The fourth-order valence-corrected chi connectivity index (χ4v) is 2.14. The van der Waals surface area contributed by atoms with Gasteiger partial charge in [-0.1, -0.05) is 12.5 Å². The molecule has 1 aliphatic rings. The molecule has 1 aliphatic heterocycles. The average molecular weight is 307 g/mol. The third-order valence-electron chi connectivity index (χ3n) is 3.31. The van der Waals surface area contributed by atoms with Gasteiger partial charge in [-0.2, -0.15) is 0 Å². The van der Waals surface area contributed by atoms with Crippen molar-refractivity contribution >= 4 is 11.9 Å². The summed E-state index contributed by atoms with van der Waals surface area (Å²) in [6.07, 6.45) is 2.95. The minimum absolute atomic E-state index is 0.0144. The zero-order valence-electron chi connectivity index (χ0n) is 12.4. The molecule has 1 aromatic rings. The number of fused-ring (bicyclic) bond motifs is 1. The number of urea groups is 1. The van der Waals surface area contributed by atoms with Crippen molar-refractivity contribution in [2.45, 2.75) is 32.2 Å². The molecule has 0 unspecified atom stereocenters. The van der Waals surface area contributed by atoms with Crippen molar-refractivity contribution in [3.05, 3.63) is 23.8 Å². The van der Waals surface area contributed by atoms with Crippen LogP contribution in [-0.2, 0) is 11.3 Å². The quantitative estimate of drug-likeness (QED) is 0.629. The van der Waals surface area contributed by atoms with E-state index < -0.39 is 6.03 Å². The molecule has 1 aromatic carbocycles. The molecule has 7 heteroatoms. The second kappa shape index (κ2) is 8.11. The fourth-order valence-electron chi connectivity index (χ4n) is 2.14. The molecule has 0 spiro atoms. The summed E-state index contributed by atoms with van der Waals surface area (Å²) >= 11 is 0. The summed E-state index contributed by atoms with van der Waals surface area (Å²) in [6, 6.07) is 5.11. The molecule has 0 fully saturated rings. The standard InChI is InChI=1S/C15H21N3O4/c16-15(20)17-7-3-1-2-4-14(19)18-9-11-5-6-12-13(8-11)22-10-21-12/h5-6,8H,1-4,7,9-10H2,(H,18,19)(H3,16,17,20). The van der Waals surface area contributed by atoms with Crippen LogP contribution in [0.1, 0.15) is 31.2 Å². The number of primary amides is 1. The van der Waals surface area contributed by atoms with E-state index in [0.717, 1.165) is 30.6 Å². The molecule has 22 heavy (non-hydrogen) atoms. The van der Waals surface area contributed by atoms with Crippen molar-refractivity contribution in [1.82, 2.24) is 10.6 Å². The van der Waals surface area contributed by atoms with E-state index in [2.05, 4.69) is 10.6 Å². The molecule has 0 atom stereocenters. The number of unbranched alkanes of at least 4 members (excludes halogenated alkanes) is 2. The zero-order valence-corrected chi connectivity index (χ0v) is 12.4. The van der Waals surface area contributed by atoms with Gasteiger partial charge in [-0.15, -0.1) is 0 Å². The Morgan fingerprint density at radius 2 is 1.91 bits per heavy atom. The van der Waals surface area contributed by atoms with E-state index in [1.54, 1.807) is 0 Å². The summed E-state index contributed by atoms with van der Waals surface area (Å²) in [5, 5.41) is 5.39. The Morgan fingerprint density at radius 1 is 1.09 bits per heavy atom. The van der Waals surface area contributed by atoms with E-state index in [-0.39, 0.29) is 12.7 Å². The number of hydrogen-bond acceptors (Lipinski definition) is 4. The molecule has 120 valence electrons. The van der Waals surface area contributed by atoms with Crippen molar-refractivity contribution in [2.24, 2.45) is 5.73 Å². The molecule has 0 aliphatic carbocycles. The highest BCUT2D eigenvalue weighted by Crippen LogP contribution is 2.32. The predicted molar refractivity (Wildman–Crippen MR) is 80.5 cm³/mol. The highest BCUT2D eigenvalue weighted by Gasteiger charge is 2.13. The number of benzene rings is 1. The Bertz CT molecular complexity index is 534. The second-order valence-corrected chi connectivity index (χ2v) is 5.07. The van der Waals surface area contributed by atoms with Gasteiger partial charge in [0.2, 0.25) is 12.7 Å². The third kappa shape index (κ3) is 5.16. The Morgan fingerprint density at radius 3 is 2.73 bits per heavy atom. The number of nitrogens with two attached hydrogens (primary N) is 1. The van der Waals surface area contributed by atoms with Gasteiger partial charge < -0.3 is 25.8 Å². The van der Waals surface area contributed by atoms with E-state index in [1.807, 2.05) is 18.2 Å². The van der Waals surface area contributed by atoms with Crippen molar-refractivity contribution in [3.63, 3.8) is 0 Å². The highest BCUT2D eigenvalue weighted by molar-refractivity contribution is 5.75. The van der Waals surface area contributed by atoms with Crippen LogP contribution < -0.4 is 25.8 Å². The maximum atomic E-state index is 11.7. The smallest absolute Gasteiger partial charge is 0.312 e. The first-order chi connectivity index (χ1) is 10.6. The summed E-state index contributed by atoms with van der Waals surface area (Å²) in [5.74, 6) is 1.47. The Hall–Kier alpha value is -2.44. The minimum Gasteiger partial charge on any atom is -0.454 e. The molecule has 0 radical (unpaired) electrons. The maximum absolute atomic E-state index is 11.7. The van der Waals surface area contributed by atoms with Crippen LogP contribution in [0.5, 0.6) is 11.5 Å². The molecule has 0 saturated heterocycles. The number of carbonyl (C=O) groups excluding carboxylic acids is 2. The molecular formula is C15H21N3O4. The normalized spacial score (nSPS) is 12.0. The van der Waals surface area contributed by atoms with Crippen LogP contribution in [-0.4, -0.2) is 25.3 Å². The number of ether oxygens (including phenoxy) is 2. The van der Waals surface area contributed by atoms with Gasteiger partial charge in [-0.3, -0.25) is 4.79 Å². The van der Waals surface area contributed by atoms with E-state index in [4.69, 9.17) is 15.2 Å². The first-order valence-corrected chi connectivity index (χ1v) is 7.33. The number of nitrogens with one attached hydrogen (secondary N) is 2. The van der Waals surface area contributed by atoms with Gasteiger partial charge in [0.15, 0.2) is 11.5 Å². The van der Waals surface area contributed by atoms with Gasteiger partial charge in [-0.05, 0) is 30.5 Å². The molecular weight excluding hydrogens is 286 g/mol. The van der Waals surface area contributed by atoms with Crippen LogP contribution in [0.2, 0.25) is 0 Å². The minimum atomic E-state index is -0.513. The summed E-state index contributed by atoms with van der Waals surface area (Å²) in [5.41, 5.74) is 5.93. The SMILES string of the molecule is NC(=O)NCCCCCC(=O)NCc1ccc2c(c1)OCO2. The summed E-state index contributed by atoms with van der Waals surface area (Å²) in [4.78, 5) is 22.2. The van der Waals surface area contributed by atoms with Crippen molar-refractivity contribution in [1.29, 1.82) is 0 Å². The molecule has 7 nitrogen and oxygen atoms in total. The summed E-state index contributed by atoms with van der Waals surface area (Å²) in [7, 11) is 0. The molecule has 0 bridgehead atoms. The Balaban J connectivity index is 1.58. The van der Waals surface area contributed by atoms with Gasteiger partial charge in [0.1, 0.15) is 0 Å². The fraction of sp³-hybridized carbons (Fsp3) is 0.467. The van der Waals surface area contributed by atoms with Crippen LogP contribution in [0.3, 0.4) is 0 Å². The number of rotatable bonds is 8. The lowest BCUT2D eigenvalue weighted by atomic mass is 10.1. The molecule has 0 aromatic heterocycles. The number of hydrogen-bond donors (Lipinski definition) is 3. The number of carbonyl (C=O) groups is 2. The molecule has 0 saturated carbocycles. The maximum Gasteiger partial charge on any atom is 0.312 e. The Kier molecular flexibility index (Phi) is 5.88. The van der Waals surface area contributed by atoms with Crippen LogP contribution in [0, 0.1) is 0 Å². The predicted octanol–water partition coefficient (Wildman–Crippen LogP) is 1.26. The average Bonchev–Trinajstić information content (AvgIpc) is 2.96. The van der Waals surface area contributed by atoms with Gasteiger partial charge in [-0.25, -0.2) is 4.79 Å². The van der Waals surface area contributed by atoms with E-state index in [0.29, 0.717) is 25.3 Å². The van der Waals surface area contributed by atoms with Gasteiger partial charge in [0.05, 0.1) is 0 Å². The summed E-state index contributed by atoms with van der Waals surface area (Å²) < 4.78 is 10.5. The van der Waals surface area contributed by atoms with Crippen LogP contribution in [0.15, 0.2) is 18.2 Å². The van der Waals surface area contributed by atoms with E-state index in [9.17, 15) is 9.59 Å². The van der Waals surface area contributed by atoms with Crippen LogP contribution in [0.4, 0.5) is 4.79 Å². The van der Waals surface area contributed by atoms with Gasteiger partial charge >= 0.3 is 6.03 Å². The second-order valence-electron chi connectivity index (χ2n) is 5.07. The van der Waals surface area contributed by atoms with Gasteiger partial charge in [0, 0.05) is 19.5 Å². The lowest BCUT2D eigenvalue weighted by molar-refractivity contribution is -0.121. The van der Waals surface area contributed by atoms with Crippen LogP contribution >= 0.6 is 0 Å². The lowest BCUT2D eigenvalue weighted by Crippen LogP contribution is -2.30. The van der Waals surface area contributed by atoms with Crippen molar-refractivity contribution in [2.75, 3.05) is 13.3 Å². The lowest BCUT2D eigenvalue weighted by Gasteiger charge is -2.06. The number of amides is 3. The van der Waals surface area contributed by atoms with Crippen molar-refractivity contribution in [3.8, 4) is 11.5 Å². The molecule has 2 rings (SSSR count). The third-order valence-corrected chi connectivity index (χ3v) is 3.31. The first kappa shape index (κ1) is 15.9.